The Morgan fingerprint density at radius 1 is 1.20 bits per heavy atom. The minimum Gasteiger partial charge on any atom is -0.481 e. The maximum atomic E-state index is 10.6. The molecule has 1 aromatic rings. The van der Waals surface area contributed by atoms with E-state index >= 15 is 0 Å². The average molecular weight is 397 g/mol. The van der Waals surface area contributed by atoms with Crippen LogP contribution in [0.5, 0.6) is 0 Å². The van der Waals surface area contributed by atoms with Crippen molar-refractivity contribution in [3.63, 3.8) is 0 Å². The van der Waals surface area contributed by atoms with E-state index in [0.29, 0.717) is 10.9 Å². The van der Waals surface area contributed by atoms with Crippen LogP contribution >= 0.6 is 23.4 Å². The molecule has 1 heterocycles. The van der Waals surface area contributed by atoms with Gasteiger partial charge in [-0.2, -0.15) is 0 Å². The van der Waals surface area contributed by atoms with Crippen molar-refractivity contribution in [1.29, 1.82) is 0 Å². The second-order valence-corrected chi connectivity index (χ2v) is 6.22. The van der Waals surface area contributed by atoms with Gasteiger partial charge >= 0.3 is 17.9 Å². The lowest BCUT2D eigenvalue weighted by Gasteiger charge is -2.18. The first kappa shape index (κ1) is 22.9. The Hall–Kier alpha value is -2.11. The molecule has 25 heavy (non-hydrogen) atoms. The van der Waals surface area contributed by atoms with Crippen LogP contribution in [0, 0.1) is 0 Å². The molecule has 0 unspecified atom stereocenters. The number of imidazole rings is 1. The quantitative estimate of drug-likeness (QED) is 0.454. The molecule has 1 aromatic heterocycles. The third-order valence-electron chi connectivity index (χ3n) is 2.58. The molecule has 1 rings (SSSR count). The van der Waals surface area contributed by atoms with E-state index in [2.05, 4.69) is 4.98 Å². The molecule has 12 heteroatoms. The van der Waals surface area contributed by atoms with Gasteiger partial charge in [0.1, 0.15) is 10.9 Å². The number of aliphatic hydroxyl groups is 1. The number of halogens is 1. The Bertz CT molecular complexity index is 644. The van der Waals surface area contributed by atoms with E-state index in [4.69, 9.17) is 32.0 Å². The highest BCUT2D eigenvalue weighted by Crippen LogP contribution is 2.19. The number of carbonyl (C=O) groups excluding carboxylic acids is 1. The Balaban J connectivity index is 0.000000462. The summed E-state index contributed by atoms with van der Waals surface area (Å²) < 4.78 is 1.75. The number of ketones is 1. The zero-order valence-corrected chi connectivity index (χ0v) is 14.9. The zero-order chi connectivity index (χ0) is 19.8. The minimum absolute atomic E-state index is 0.138. The number of aliphatic carboxylic acids is 3. The highest BCUT2D eigenvalue weighted by Gasteiger charge is 2.40. The fraction of sp³-hybridized carbons (Fsp3) is 0.462. The number of rotatable bonds is 8. The molecule has 0 amide bonds. The van der Waals surface area contributed by atoms with Gasteiger partial charge in [-0.15, -0.1) is 0 Å². The summed E-state index contributed by atoms with van der Waals surface area (Å²) in [6, 6.07) is 0. The lowest BCUT2D eigenvalue weighted by molar-refractivity contribution is -0.170. The van der Waals surface area contributed by atoms with Gasteiger partial charge in [0, 0.05) is 7.05 Å². The molecule has 140 valence electrons. The predicted octanol–water partition coefficient (Wildman–Crippen LogP) is 0.506. The Kier molecular flexibility index (Phi) is 9.17. The molecule has 0 aliphatic heterocycles. The normalized spacial score (nSPS) is 10.6. The summed E-state index contributed by atoms with van der Waals surface area (Å²) in [4.78, 5) is 45.2. The number of carboxylic acid groups (broad SMARTS) is 3. The molecule has 10 nitrogen and oxygen atoms in total. The van der Waals surface area contributed by atoms with Gasteiger partial charge in [0.2, 0.25) is 0 Å². The molecule has 0 aliphatic rings. The first-order valence-corrected chi connectivity index (χ1v) is 7.94. The van der Waals surface area contributed by atoms with Crippen LogP contribution in [0.15, 0.2) is 11.4 Å². The van der Waals surface area contributed by atoms with Crippen molar-refractivity contribution in [1.82, 2.24) is 9.55 Å². The van der Waals surface area contributed by atoms with Gasteiger partial charge in [0.25, 0.3) is 0 Å². The maximum Gasteiger partial charge on any atom is 0.336 e. The summed E-state index contributed by atoms with van der Waals surface area (Å²) in [7, 11) is 1.82. The number of carbonyl (C=O) groups is 4. The van der Waals surface area contributed by atoms with E-state index in [0.717, 1.165) is 5.16 Å². The molecule has 0 saturated heterocycles. The Morgan fingerprint density at radius 3 is 1.96 bits per heavy atom. The molecular weight excluding hydrogens is 380 g/mol. The fourth-order valence-corrected chi connectivity index (χ4v) is 2.32. The molecule has 4 N–H and O–H groups in total. The van der Waals surface area contributed by atoms with Crippen LogP contribution in [0.3, 0.4) is 0 Å². The molecule has 0 aromatic carbocycles. The van der Waals surface area contributed by atoms with E-state index in [-0.39, 0.29) is 5.78 Å². The molecule has 0 atom stereocenters. The van der Waals surface area contributed by atoms with E-state index in [1.54, 1.807) is 17.7 Å². The lowest BCUT2D eigenvalue weighted by Crippen LogP contribution is -2.42. The largest absolute Gasteiger partial charge is 0.481 e. The Morgan fingerprint density at radius 2 is 1.68 bits per heavy atom. The van der Waals surface area contributed by atoms with Crippen LogP contribution in [0.4, 0.5) is 0 Å². The standard InChI is InChI=1S/C7H9ClN2OS.C6H8O7/c1-5(11)4-12-7-9-3-6(8)10(7)2;7-3(8)1-6(13,5(11)12)2-4(9)10/h3H,4H2,1-2H3;13H,1-2H2,(H,7,8)(H,9,10)(H,11,12). The summed E-state index contributed by atoms with van der Waals surface area (Å²) in [6.45, 7) is 1.55. The number of hydrogen-bond donors (Lipinski definition) is 4. The van der Waals surface area contributed by atoms with Crippen molar-refractivity contribution in [2.45, 2.75) is 30.5 Å². The molecule has 0 bridgehead atoms. The summed E-state index contributed by atoms with van der Waals surface area (Å²) in [5, 5.41) is 35.2. The summed E-state index contributed by atoms with van der Waals surface area (Å²) >= 11 is 7.14. The van der Waals surface area contributed by atoms with Gasteiger partial charge in [-0.25, -0.2) is 9.78 Å². The van der Waals surface area contributed by atoms with Crippen LogP contribution in [-0.2, 0) is 26.2 Å². The smallest absolute Gasteiger partial charge is 0.336 e. The summed E-state index contributed by atoms with van der Waals surface area (Å²) in [6.07, 6.45) is -0.715. The van der Waals surface area contributed by atoms with Crippen LogP contribution in [-0.4, -0.2) is 65.0 Å². The lowest BCUT2D eigenvalue weighted by atomic mass is 9.96. The zero-order valence-electron chi connectivity index (χ0n) is 13.3. The molecule has 0 saturated carbocycles. The van der Waals surface area contributed by atoms with Crippen molar-refractivity contribution in [3.05, 3.63) is 11.3 Å². The molecular formula is C13H17ClN2O8S. The molecule has 0 radical (unpaired) electrons. The molecule has 0 aliphatic carbocycles. The monoisotopic (exact) mass is 396 g/mol. The van der Waals surface area contributed by atoms with Crippen molar-refractivity contribution < 1.29 is 39.6 Å². The molecule has 0 spiro atoms. The van der Waals surface area contributed by atoms with E-state index in [9.17, 15) is 19.2 Å². The fourth-order valence-electron chi connectivity index (χ4n) is 1.39. The van der Waals surface area contributed by atoms with Gasteiger partial charge in [0.15, 0.2) is 10.8 Å². The van der Waals surface area contributed by atoms with Crippen molar-refractivity contribution in [2.24, 2.45) is 7.05 Å². The first-order valence-electron chi connectivity index (χ1n) is 6.58. The third-order valence-corrected chi connectivity index (χ3v) is 4.12. The van der Waals surface area contributed by atoms with Gasteiger partial charge in [-0.05, 0) is 6.92 Å². The molecule has 0 fully saturated rings. The number of aromatic nitrogens is 2. The van der Waals surface area contributed by atoms with Crippen LogP contribution < -0.4 is 0 Å². The predicted molar refractivity (Wildman–Crippen MR) is 86.7 cm³/mol. The highest BCUT2D eigenvalue weighted by atomic mass is 35.5. The second-order valence-electron chi connectivity index (χ2n) is 4.89. The number of Topliss-reactive ketones (excluding diaryl/α,β-unsaturated/α-hetero) is 1. The van der Waals surface area contributed by atoms with E-state index in [1.165, 1.54) is 11.8 Å². The minimum atomic E-state index is -2.74. The second kappa shape index (κ2) is 10.0. The number of carboxylic acids is 3. The summed E-state index contributed by atoms with van der Waals surface area (Å²) in [5.41, 5.74) is -2.74. The average Bonchev–Trinajstić information content (AvgIpc) is 2.75. The number of hydrogen-bond acceptors (Lipinski definition) is 7. The highest BCUT2D eigenvalue weighted by molar-refractivity contribution is 7.99. The number of thioether (sulfide) groups is 1. The summed E-state index contributed by atoms with van der Waals surface area (Å²) in [5.74, 6) is -4.44. The number of nitrogens with zero attached hydrogens (tertiary/aromatic N) is 2. The van der Waals surface area contributed by atoms with Crippen molar-refractivity contribution >= 4 is 47.1 Å². The van der Waals surface area contributed by atoms with Crippen molar-refractivity contribution in [3.8, 4) is 0 Å². The van der Waals surface area contributed by atoms with Gasteiger partial charge < -0.3 is 25.0 Å². The van der Waals surface area contributed by atoms with Gasteiger partial charge in [-0.3, -0.25) is 14.4 Å². The first-order chi connectivity index (χ1) is 11.4. The van der Waals surface area contributed by atoms with Crippen LogP contribution in [0.1, 0.15) is 19.8 Å². The topological polar surface area (TPSA) is 167 Å². The van der Waals surface area contributed by atoms with E-state index < -0.39 is 36.4 Å². The Labute approximate surface area is 151 Å². The third kappa shape index (κ3) is 8.52. The van der Waals surface area contributed by atoms with Gasteiger partial charge in [-0.1, -0.05) is 23.4 Å². The van der Waals surface area contributed by atoms with Crippen LogP contribution in [0.2, 0.25) is 5.15 Å². The van der Waals surface area contributed by atoms with Crippen LogP contribution in [0.25, 0.3) is 0 Å². The van der Waals surface area contributed by atoms with Gasteiger partial charge in [0.05, 0.1) is 24.8 Å². The van der Waals surface area contributed by atoms with E-state index in [1.807, 2.05) is 7.05 Å². The van der Waals surface area contributed by atoms with Crippen molar-refractivity contribution in [2.75, 3.05) is 5.75 Å². The SMILES string of the molecule is CC(=O)CSc1ncc(Cl)n1C.O=C(O)CC(O)(CC(=O)O)C(=O)O. The maximum absolute atomic E-state index is 10.6.